The molecule has 0 atom stereocenters. The Balaban J connectivity index is 0. The second-order valence-electron chi connectivity index (χ2n) is 7.22. The highest BCUT2D eigenvalue weighted by atomic mass is 16.7. The predicted octanol–water partition coefficient (Wildman–Crippen LogP) is 5.36. The van der Waals surface area contributed by atoms with Crippen molar-refractivity contribution in [2.75, 3.05) is 0 Å². The second-order valence-corrected chi connectivity index (χ2v) is 7.22. The third-order valence-corrected chi connectivity index (χ3v) is 4.47. The van der Waals surface area contributed by atoms with E-state index in [-0.39, 0.29) is 6.42 Å². The molecule has 0 aromatic carbocycles. The molecule has 0 aliphatic heterocycles. The van der Waals surface area contributed by atoms with Crippen molar-refractivity contribution in [3.63, 3.8) is 0 Å². The largest absolute Gasteiger partial charge is 0.481 e. The Kier molecular flexibility index (Phi) is 21.9. The Bertz CT molecular complexity index is 287. The SMILES string of the molecule is CCC(O)(O)O.CCCCCCCCCCCCCCCCCC(=O)O. The van der Waals surface area contributed by atoms with Gasteiger partial charge in [0.1, 0.15) is 0 Å². The van der Waals surface area contributed by atoms with Gasteiger partial charge in [-0.05, 0) is 6.42 Å². The van der Waals surface area contributed by atoms with Crippen LogP contribution < -0.4 is 0 Å². The lowest BCUT2D eigenvalue weighted by Crippen LogP contribution is -2.24. The molecule has 0 fully saturated rings. The molecule has 0 aliphatic carbocycles. The number of carbonyl (C=O) groups is 1. The molecule has 0 spiro atoms. The first-order chi connectivity index (χ1) is 12.3. The van der Waals surface area contributed by atoms with E-state index in [1.54, 1.807) is 0 Å². The minimum atomic E-state index is -2.46. The Morgan fingerprint density at radius 2 is 0.885 bits per heavy atom. The predicted molar refractivity (Wildman–Crippen MR) is 107 cm³/mol. The van der Waals surface area contributed by atoms with E-state index >= 15 is 0 Å². The molecule has 158 valence electrons. The smallest absolute Gasteiger partial charge is 0.303 e. The van der Waals surface area contributed by atoms with Crippen molar-refractivity contribution in [2.24, 2.45) is 0 Å². The van der Waals surface area contributed by atoms with Crippen molar-refractivity contribution in [1.82, 2.24) is 0 Å². The van der Waals surface area contributed by atoms with Crippen molar-refractivity contribution >= 4 is 5.97 Å². The van der Waals surface area contributed by atoms with E-state index in [4.69, 9.17) is 20.4 Å². The number of rotatable bonds is 17. The van der Waals surface area contributed by atoms with Gasteiger partial charge in [0.2, 0.25) is 0 Å². The van der Waals surface area contributed by atoms with E-state index in [9.17, 15) is 4.79 Å². The van der Waals surface area contributed by atoms with E-state index in [1.807, 2.05) is 0 Å². The van der Waals surface area contributed by atoms with Gasteiger partial charge in [0.15, 0.2) is 0 Å². The molecule has 5 heteroatoms. The first-order valence-electron chi connectivity index (χ1n) is 10.7. The van der Waals surface area contributed by atoms with Crippen LogP contribution in [0.4, 0.5) is 0 Å². The molecule has 0 rings (SSSR count). The summed E-state index contributed by atoms with van der Waals surface area (Å²) in [6, 6.07) is 0. The maximum Gasteiger partial charge on any atom is 0.303 e. The molecular weight excluding hydrogens is 332 g/mol. The standard InChI is InChI=1S/C18H36O2.C3H8O3/c1-2-3-4-5-6-7-8-9-10-11-12-13-14-15-16-17-18(19)20;1-2-3(4,5)6/h2-17H2,1H3,(H,19,20);4-6H,2H2,1H3. The van der Waals surface area contributed by atoms with Gasteiger partial charge in [0, 0.05) is 12.8 Å². The molecular formula is C21H44O5. The monoisotopic (exact) mass is 376 g/mol. The zero-order valence-corrected chi connectivity index (χ0v) is 17.2. The summed E-state index contributed by atoms with van der Waals surface area (Å²) in [6.07, 6.45) is 20.1. The van der Waals surface area contributed by atoms with Gasteiger partial charge in [-0.1, -0.05) is 104 Å². The molecule has 0 aromatic heterocycles. The quantitative estimate of drug-likeness (QED) is 0.202. The molecule has 0 unspecified atom stereocenters. The number of aliphatic carboxylic acids is 1. The molecule has 0 amide bonds. The van der Waals surface area contributed by atoms with Crippen molar-refractivity contribution < 1.29 is 25.2 Å². The lowest BCUT2D eigenvalue weighted by atomic mass is 10.0. The van der Waals surface area contributed by atoms with Crippen LogP contribution in [0.15, 0.2) is 0 Å². The third kappa shape index (κ3) is 31.2. The normalized spacial score (nSPS) is 11.1. The summed E-state index contributed by atoms with van der Waals surface area (Å²) in [7, 11) is 0. The summed E-state index contributed by atoms with van der Waals surface area (Å²) in [5.74, 6) is -3.11. The van der Waals surface area contributed by atoms with Gasteiger partial charge in [0.25, 0.3) is 5.97 Å². The number of aliphatic hydroxyl groups is 3. The fourth-order valence-corrected chi connectivity index (χ4v) is 2.65. The molecule has 0 saturated heterocycles. The molecule has 0 aromatic rings. The summed E-state index contributed by atoms with van der Waals surface area (Å²) >= 11 is 0. The van der Waals surface area contributed by atoms with E-state index in [1.165, 1.54) is 90.4 Å². The summed E-state index contributed by atoms with van der Waals surface area (Å²) < 4.78 is 0. The number of hydrogen-bond acceptors (Lipinski definition) is 4. The maximum absolute atomic E-state index is 10.3. The van der Waals surface area contributed by atoms with E-state index in [0.29, 0.717) is 6.42 Å². The first-order valence-corrected chi connectivity index (χ1v) is 10.7. The average Bonchev–Trinajstić information content (AvgIpc) is 2.58. The van der Waals surface area contributed by atoms with Crippen molar-refractivity contribution in [1.29, 1.82) is 0 Å². The molecule has 0 aliphatic rings. The van der Waals surface area contributed by atoms with Crippen LogP contribution >= 0.6 is 0 Å². The molecule has 26 heavy (non-hydrogen) atoms. The molecule has 0 saturated carbocycles. The van der Waals surface area contributed by atoms with Crippen LogP contribution in [0.25, 0.3) is 0 Å². The Morgan fingerprint density at radius 1 is 0.615 bits per heavy atom. The van der Waals surface area contributed by atoms with Crippen molar-refractivity contribution in [2.45, 2.75) is 129 Å². The lowest BCUT2D eigenvalue weighted by Gasteiger charge is -2.08. The van der Waals surface area contributed by atoms with E-state index in [0.717, 1.165) is 12.8 Å². The Hall–Kier alpha value is -0.650. The average molecular weight is 377 g/mol. The zero-order valence-electron chi connectivity index (χ0n) is 17.2. The maximum atomic E-state index is 10.3. The summed E-state index contributed by atoms with van der Waals surface area (Å²) in [5.41, 5.74) is 0. The minimum absolute atomic E-state index is 0.0625. The second kappa shape index (κ2) is 20.7. The Morgan fingerprint density at radius 3 is 1.12 bits per heavy atom. The van der Waals surface area contributed by atoms with E-state index < -0.39 is 11.9 Å². The minimum Gasteiger partial charge on any atom is -0.481 e. The molecule has 0 heterocycles. The molecule has 5 nitrogen and oxygen atoms in total. The number of unbranched alkanes of at least 4 members (excludes halogenated alkanes) is 14. The molecule has 4 N–H and O–H groups in total. The molecule has 0 bridgehead atoms. The summed E-state index contributed by atoms with van der Waals surface area (Å²) in [6.45, 7) is 3.73. The fourth-order valence-electron chi connectivity index (χ4n) is 2.65. The van der Waals surface area contributed by atoms with Crippen LogP contribution in [0, 0.1) is 0 Å². The van der Waals surface area contributed by atoms with Gasteiger partial charge < -0.3 is 20.4 Å². The highest BCUT2D eigenvalue weighted by Crippen LogP contribution is 2.13. The van der Waals surface area contributed by atoms with Gasteiger partial charge in [-0.15, -0.1) is 0 Å². The lowest BCUT2D eigenvalue weighted by molar-refractivity contribution is -0.312. The van der Waals surface area contributed by atoms with Gasteiger partial charge >= 0.3 is 5.97 Å². The van der Waals surface area contributed by atoms with Crippen LogP contribution in [0.2, 0.25) is 0 Å². The number of carboxylic acids is 1. The summed E-state index contributed by atoms with van der Waals surface area (Å²) in [4.78, 5) is 10.3. The molecule has 0 radical (unpaired) electrons. The van der Waals surface area contributed by atoms with Crippen LogP contribution in [0.1, 0.15) is 123 Å². The van der Waals surface area contributed by atoms with Crippen LogP contribution in [0.3, 0.4) is 0 Å². The van der Waals surface area contributed by atoms with Gasteiger partial charge in [-0.2, -0.15) is 0 Å². The summed E-state index contributed by atoms with van der Waals surface area (Å²) in [5, 5.41) is 32.3. The zero-order chi connectivity index (χ0) is 20.1. The van der Waals surface area contributed by atoms with Gasteiger partial charge in [-0.25, -0.2) is 0 Å². The van der Waals surface area contributed by atoms with Crippen LogP contribution in [-0.4, -0.2) is 32.4 Å². The van der Waals surface area contributed by atoms with Gasteiger partial charge in [-0.3, -0.25) is 4.79 Å². The van der Waals surface area contributed by atoms with Crippen LogP contribution in [-0.2, 0) is 4.79 Å². The highest BCUT2D eigenvalue weighted by molar-refractivity contribution is 5.66. The highest BCUT2D eigenvalue weighted by Gasteiger charge is 2.11. The topological polar surface area (TPSA) is 98.0 Å². The first kappa shape index (κ1) is 27.6. The number of carboxylic acid groups (broad SMARTS) is 1. The number of hydrogen-bond donors (Lipinski definition) is 4. The van der Waals surface area contributed by atoms with Gasteiger partial charge in [0.05, 0.1) is 0 Å². The fraction of sp³-hybridized carbons (Fsp3) is 0.952. The van der Waals surface area contributed by atoms with Crippen LogP contribution in [0.5, 0.6) is 0 Å². The third-order valence-electron chi connectivity index (χ3n) is 4.47. The van der Waals surface area contributed by atoms with Crippen molar-refractivity contribution in [3.05, 3.63) is 0 Å². The Labute approximate surface area is 160 Å². The van der Waals surface area contributed by atoms with E-state index in [2.05, 4.69) is 6.92 Å². The van der Waals surface area contributed by atoms with Crippen molar-refractivity contribution in [3.8, 4) is 0 Å².